The molecule has 2 heterocycles. The molecule has 134 valence electrons. The van der Waals surface area contributed by atoms with Crippen LogP contribution in [0.25, 0.3) is 0 Å². The maximum Gasteiger partial charge on any atom is 0.191 e. The molecule has 0 aliphatic carbocycles. The first-order valence-electron chi connectivity index (χ1n) is 8.85. The van der Waals surface area contributed by atoms with Crippen LogP contribution in [-0.2, 0) is 16.0 Å². The van der Waals surface area contributed by atoms with Gasteiger partial charge in [0, 0.05) is 33.1 Å². The number of pyridine rings is 1. The average molecular weight is 334 g/mol. The molecule has 1 aromatic heterocycles. The Hall–Kier alpha value is -1.66. The monoisotopic (exact) mass is 334 g/mol. The quantitative estimate of drug-likeness (QED) is 0.411. The normalized spacial score (nSPS) is 19.2. The van der Waals surface area contributed by atoms with E-state index in [4.69, 9.17) is 9.47 Å². The number of unbranched alkanes of at least 4 members (excludes halogenated alkanes) is 1. The number of aromatic nitrogens is 1. The largest absolute Gasteiger partial charge is 0.385 e. The Labute approximate surface area is 145 Å². The first-order valence-corrected chi connectivity index (χ1v) is 8.85. The van der Waals surface area contributed by atoms with Crippen molar-refractivity contribution in [1.29, 1.82) is 0 Å². The summed E-state index contributed by atoms with van der Waals surface area (Å²) in [6.45, 7) is 5.24. The Morgan fingerprint density at radius 3 is 3.08 bits per heavy atom. The van der Waals surface area contributed by atoms with Gasteiger partial charge in [-0.3, -0.25) is 4.98 Å². The molecule has 0 bridgehead atoms. The van der Waals surface area contributed by atoms with E-state index in [1.54, 1.807) is 13.3 Å². The third kappa shape index (κ3) is 6.84. The van der Waals surface area contributed by atoms with Gasteiger partial charge in [0.05, 0.1) is 24.4 Å². The van der Waals surface area contributed by atoms with Gasteiger partial charge in [-0.05, 0) is 44.7 Å². The first-order chi connectivity index (χ1) is 11.8. The number of ether oxygens (including phenoxy) is 2. The summed E-state index contributed by atoms with van der Waals surface area (Å²) in [5.74, 6) is 0.820. The van der Waals surface area contributed by atoms with Crippen molar-refractivity contribution in [3.8, 4) is 0 Å². The first kappa shape index (κ1) is 18.7. The second-order valence-electron chi connectivity index (χ2n) is 6.10. The molecular weight excluding hydrogens is 304 g/mol. The minimum absolute atomic E-state index is 0.237. The van der Waals surface area contributed by atoms with Crippen LogP contribution in [-0.4, -0.2) is 50.0 Å². The second kappa shape index (κ2) is 11.0. The van der Waals surface area contributed by atoms with E-state index in [1.165, 1.54) is 0 Å². The van der Waals surface area contributed by atoms with Gasteiger partial charge in [0.1, 0.15) is 0 Å². The zero-order valence-corrected chi connectivity index (χ0v) is 14.8. The van der Waals surface area contributed by atoms with Crippen molar-refractivity contribution in [2.45, 2.75) is 51.3 Å². The Balaban J connectivity index is 1.86. The van der Waals surface area contributed by atoms with Gasteiger partial charge in [0.25, 0.3) is 0 Å². The molecule has 1 aliphatic heterocycles. The standard InChI is InChI=1S/C18H30N4O2/c1-15(17-9-7-13-24-17)22-18(20-11-5-6-12-23-2)21-14-16-8-3-4-10-19-16/h3-4,8,10,15,17H,5-7,9,11-14H2,1-2H3,(H2,20,21,22)/t15-,17-/m1/s1. The van der Waals surface area contributed by atoms with Crippen LogP contribution in [0, 0.1) is 0 Å². The number of guanidine groups is 1. The van der Waals surface area contributed by atoms with E-state index >= 15 is 0 Å². The molecule has 2 atom stereocenters. The topological polar surface area (TPSA) is 67.8 Å². The number of hydrogen-bond donors (Lipinski definition) is 2. The number of aliphatic imine (C=N–C) groups is 1. The van der Waals surface area contributed by atoms with E-state index < -0.39 is 0 Å². The Morgan fingerprint density at radius 2 is 2.38 bits per heavy atom. The number of nitrogens with zero attached hydrogens (tertiary/aromatic N) is 2. The molecule has 1 aromatic rings. The lowest BCUT2D eigenvalue weighted by atomic mass is 10.1. The maximum absolute atomic E-state index is 5.76. The molecule has 0 aromatic carbocycles. The molecule has 2 N–H and O–H groups in total. The number of methoxy groups -OCH3 is 1. The molecule has 6 heteroatoms. The van der Waals surface area contributed by atoms with Gasteiger partial charge in [0.15, 0.2) is 5.96 Å². The van der Waals surface area contributed by atoms with Gasteiger partial charge in [-0.15, -0.1) is 0 Å². The van der Waals surface area contributed by atoms with Gasteiger partial charge in [-0.25, -0.2) is 4.99 Å². The van der Waals surface area contributed by atoms with E-state index in [0.29, 0.717) is 6.54 Å². The van der Waals surface area contributed by atoms with Gasteiger partial charge >= 0.3 is 0 Å². The average Bonchev–Trinajstić information content (AvgIpc) is 3.15. The smallest absolute Gasteiger partial charge is 0.191 e. The predicted molar refractivity (Wildman–Crippen MR) is 96.1 cm³/mol. The number of rotatable bonds is 9. The zero-order chi connectivity index (χ0) is 17.0. The van der Waals surface area contributed by atoms with Gasteiger partial charge in [0.2, 0.25) is 0 Å². The Morgan fingerprint density at radius 1 is 1.46 bits per heavy atom. The summed E-state index contributed by atoms with van der Waals surface area (Å²) in [4.78, 5) is 8.99. The third-order valence-electron chi connectivity index (χ3n) is 4.08. The lowest BCUT2D eigenvalue weighted by Gasteiger charge is -2.23. The Kier molecular flexibility index (Phi) is 8.55. The lowest BCUT2D eigenvalue weighted by molar-refractivity contribution is 0.0890. The molecule has 1 aliphatic rings. The van der Waals surface area contributed by atoms with Crippen molar-refractivity contribution < 1.29 is 9.47 Å². The lowest BCUT2D eigenvalue weighted by Crippen LogP contribution is -2.47. The van der Waals surface area contributed by atoms with Crippen LogP contribution in [0.5, 0.6) is 0 Å². The molecule has 0 amide bonds. The molecule has 0 saturated carbocycles. The van der Waals surface area contributed by atoms with Crippen molar-refractivity contribution in [1.82, 2.24) is 15.6 Å². The Bertz CT molecular complexity index is 475. The molecule has 1 fully saturated rings. The number of hydrogen-bond acceptors (Lipinski definition) is 4. The van der Waals surface area contributed by atoms with Gasteiger partial charge in [-0.2, -0.15) is 0 Å². The SMILES string of the molecule is COCCCCNC(=NCc1ccccn1)N[C@H](C)[C@H]1CCCO1. The minimum atomic E-state index is 0.237. The summed E-state index contributed by atoms with van der Waals surface area (Å²) in [6, 6.07) is 6.13. The van der Waals surface area contributed by atoms with E-state index in [-0.39, 0.29) is 12.1 Å². The fraction of sp³-hybridized carbons (Fsp3) is 0.667. The molecule has 0 unspecified atom stereocenters. The van der Waals surface area contributed by atoms with E-state index in [1.807, 2.05) is 18.2 Å². The fourth-order valence-corrected chi connectivity index (χ4v) is 2.69. The summed E-state index contributed by atoms with van der Waals surface area (Å²) >= 11 is 0. The van der Waals surface area contributed by atoms with E-state index in [2.05, 4.69) is 27.5 Å². The molecule has 0 spiro atoms. The molecular formula is C18H30N4O2. The van der Waals surface area contributed by atoms with Crippen molar-refractivity contribution in [2.24, 2.45) is 4.99 Å². The summed E-state index contributed by atoms with van der Waals surface area (Å²) in [6.07, 6.45) is 6.40. The predicted octanol–water partition coefficient (Wildman–Crippen LogP) is 2.11. The van der Waals surface area contributed by atoms with Gasteiger partial charge < -0.3 is 20.1 Å². The molecule has 1 saturated heterocycles. The van der Waals surface area contributed by atoms with Crippen molar-refractivity contribution in [2.75, 3.05) is 26.9 Å². The highest BCUT2D eigenvalue weighted by atomic mass is 16.5. The van der Waals surface area contributed by atoms with E-state index in [9.17, 15) is 0 Å². The molecule has 6 nitrogen and oxygen atoms in total. The van der Waals surface area contributed by atoms with Crippen LogP contribution in [0.3, 0.4) is 0 Å². The summed E-state index contributed by atoms with van der Waals surface area (Å²) in [7, 11) is 1.73. The highest BCUT2D eigenvalue weighted by Crippen LogP contribution is 2.15. The minimum Gasteiger partial charge on any atom is -0.385 e. The molecule has 0 radical (unpaired) electrons. The van der Waals surface area contributed by atoms with Gasteiger partial charge in [-0.1, -0.05) is 6.07 Å². The fourth-order valence-electron chi connectivity index (χ4n) is 2.69. The maximum atomic E-state index is 5.76. The highest BCUT2D eigenvalue weighted by Gasteiger charge is 2.22. The van der Waals surface area contributed by atoms with Crippen LogP contribution in [0.4, 0.5) is 0 Å². The molecule has 2 rings (SSSR count). The van der Waals surface area contributed by atoms with Crippen LogP contribution < -0.4 is 10.6 Å². The highest BCUT2D eigenvalue weighted by molar-refractivity contribution is 5.80. The second-order valence-corrected chi connectivity index (χ2v) is 6.10. The summed E-state index contributed by atoms with van der Waals surface area (Å²) in [5, 5.41) is 6.88. The van der Waals surface area contributed by atoms with Crippen LogP contribution in [0.2, 0.25) is 0 Å². The number of nitrogens with one attached hydrogen (secondary N) is 2. The zero-order valence-electron chi connectivity index (χ0n) is 14.8. The van der Waals surface area contributed by atoms with Crippen molar-refractivity contribution in [3.63, 3.8) is 0 Å². The van der Waals surface area contributed by atoms with Crippen molar-refractivity contribution >= 4 is 5.96 Å². The summed E-state index contributed by atoms with van der Waals surface area (Å²) in [5.41, 5.74) is 0.961. The van der Waals surface area contributed by atoms with Crippen LogP contribution in [0.15, 0.2) is 29.4 Å². The van der Waals surface area contributed by atoms with Crippen LogP contribution in [0.1, 0.15) is 38.3 Å². The van der Waals surface area contributed by atoms with E-state index in [0.717, 1.165) is 57.1 Å². The third-order valence-corrected chi connectivity index (χ3v) is 4.08. The van der Waals surface area contributed by atoms with Crippen LogP contribution >= 0.6 is 0 Å². The summed E-state index contributed by atoms with van der Waals surface area (Å²) < 4.78 is 10.8. The molecule has 24 heavy (non-hydrogen) atoms. The van der Waals surface area contributed by atoms with Crippen molar-refractivity contribution in [3.05, 3.63) is 30.1 Å².